The maximum absolute atomic E-state index is 4.99. The molecule has 0 spiro atoms. The van der Waals surface area contributed by atoms with Gasteiger partial charge in [0.15, 0.2) is 0 Å². The van der Waals surface area contributed by atoms with Crippen molar-refractivity contribution in [2.24, 2.45) is 0 Å². The molecule has 0 atom stereocenters. The van der Waals surface area contributed by atoms with Crippen molar-refractivity contribution >= 4 is 0 Å². The number of ether oxygens (including phenoxy) is 1. The first kappa shape index (κ1) is 16.2. The van der Waals surface area contributed by atoms with Crippen LogP contribution in [-0.2, 0) is 11.2 Å². The van der Waals surface area contributed by atoms with Gasteiger partial charge in [0, 0.05) is 13.7 Å². The number of aryl methyl sites for hydroxylation is 3. The van der Waals surface area contributed by atoms with Gasteiger partial charge in [-0.05, 0) is 50.8 Å². The lowest BCUT2D eigenvalue weighted by Gasteiger charge is -2.07. The second-order valence-electron chi connectivity index (χ2n) is 5.34. The molecule has 0 aromatic heterocycles. The predicted octanol–water partition coefficient (Wildman–Crippen LogP) is 3.64. The number of nitrogens with one attached hydrogen (secondary N) is 1. The topological polar surface area (TPSA) is 21.3 Å². The van der Waals surface area contributed by atoms with Crippen LogP contribution in [0, 0.1) is 13.8 Å². The van der Waals surface area contributed by atoms with Crippen molar-refractivity contribution < 1.29 is 4.74 Å². The van der Waals surface area contributed by atoms with Crippen molar-refractivity contribution in [1.29, 1.82) is 0 Å². The molecule has 0 amide bonds. The molecule has 2 nitrogen and oxygen atoms in total. The first-order valence-corrected chi connectivity index (χ1v) is 7.50. The lowest BCUT2D eigenvalue weighted by atomic mass is 10.00. The molecule has 19 heavy (non-hydrogen) atoms. The van der Waals surface area contributed by atoms with Crippen LogP contribution < -0.4 is 5.32 Å². The van der Waals surface area contributed by atoms with E-state index in [1.54, 1.807) is 7.11 Å². The second-order valence-corrected chi connectivity index (χ2v) is 5.34. The monoisotopic (exact) mass is 263 g/mol. The van der Waals surface area contributed by atoms with E-state index >= 15 is 0 Å². The van der Waals surface area contributed by atoms with Gasteiger partial charge in [0.05, 0.1) is 6.61 Å². The van der Waals surface area contributed by atoms with Crippen LogP contribution in [0.3, 0.4) is 0 Å². The Kier molecular flexibility index (Phi) is 8.52. The molecule has 0 bridgehead atoms. The summed E-state index contributed by atoms with van der Waals surface area (Å²) in [6.45, 7) is 7.29. The molecule has 1 rings (SSSR count). The summed E-state index contributed by atoms with van der Waals surface area (Å²) in [5.74, 6) is 0. The number of rotatable bonds is 10. The highest BCUT2D eigenvalue weighted by Gasteiger charge is 1.98. The molecule has 0 saturated carbocycles. The standard InChI is InChI=1S/C17H29NO/c1-15-9-10-17(16(2)14-15)8-6-4-5-7-11-18-12-13-19-3/h9-10,14,18H,4-8,11-13H2,1-3H3. The molecular weight excluding hydrogens is 234 g/mol. The molecule has 0 heterocycles. The largest absolute Gasteiger partial charge is 0.383 e. The fourth-order valence-corrected chi connectivity index (χ4v) is 2.34. The fraction of sp³-hybridized carbons (Fsp3) is 0.647. The van der Waals surface area contributed by atoms with E-state index in [-0.39, 0.29) is 0 Å². The van der Waals surface area contributed by atoms with Crippen LogP contribution in [-0.4, -0.2) is 26.8 Å². The fourth-order valence-electron chi connectivity index (χ4n) is 2.34. The first-order valence-electron chi connectivity index (χ1n) is 7.50. The minimum atomic E-state index is 0.812. The highest BCUT2D eigenvalue weighted by atomic mass is 16.5. The van der Waals surface area contributed by atoms with Gasteiger partial charge in [0.2, 0.25) is 0 Å². The summed E-state index contributed by atoms with van der Waals surface area (Å²) in [5.41, 5.74) is 4.33. The first-order chi connectivity index (χ1) is 9.24. The van der Waals surface area contributed by atoms with Crippen molar-refractivity contribution in [3.05, 3.63) is 34.9 Å². The molecule has 1 N–H and O–H groups in total. The van der Waals surface area contributed by atoms with Gasteiger partial charge in [-0.3, -0.25) is 0 Å². The van der Waals surface area contributed by atoms with E-state index in [0.29, 0.717) is 0 Å². The zero-order valence-electron chi connectivity index (χ0n) is 12.8. The maximum atomic E-state index is 4.99. The van der Waals surface area contributed by atoms with Crippen LogP contribution in [0.2, 0.25) is 0 Å². The van der Waals surface area contributed by atoms with E-state index in [0.717, 1.165) is 19.7 Å². The Bertz CT molecular complexity index is 349. The van der Waals surface area contributed by atoms with Crippen LogP contribution in [0.4, 0.5) is 0 Å². The van der Waals surface area contributed by atoms with Crippen LogP contribution in [0.25, 0.3) is 0 Å². The van der Waals surface area contributed by atoms with E-state index in [2.05, 4.69) is 37.4 Å². The molecule has 0 aliphatic rings. The SMILES string of the molecule is COCCNCCCCCCc1ccc(C)cc1C. The van der Waals surface area contributed by atoms with Crippen molar-refractivity contribution in [2.45, 2.75) is 46.0 Å². The van der Waals surface area contributed by atoms with Crippen molar-refractivity contribution in [3.63, 3.8) is 0 Å². The smallest absolute Gasteiger partial charge is 0.0587 e. The Labute approximate surface area is 118 Å². The van der Waals surface area contributed by atoms with Gasteiger partial charge in [0.25, 0.3) is 0 Å². The van der Waals surface area contributed by atoms with Crippen LogP contribution >= 0.6 is 0 Å². The number of hydrogen-bond acceptors (Lipinski definition) is 2. The highest BCUT2D eigenvalue weighted by Crippen LogP contribution is 2.14. The molecule has 0 saturated heterocycles. The Morgan fingerprint density at radius 3 is 2.53 bits per heavy atom. The quantitative estimate of drug-likeness (QED) is 0.651. The summed E-state index contributed by atoms with van der Waals surface area (Å²) in [7, 11) is 1.74. The van der Waals surface area contributed by atoms with E-state index in [4.69, 9.17) is 4.74 Å². The number of unbranched alkanes of at least 4 members (excludes halogenated alkanes) is 3. The molecule has 108 valence electrons. The maximum Gasteiger partial charge on any atom is 0.0587 e. The number of benzene rings is 1. The summed E-state index contributed by atoms with van der Waals surface area (Å²) < 4.78 is 4.99. The molecule has 1 aromatic carbocycles. The molecule has 0 radical (unpaired) electrons. The van der Waals surface area contributed by atoms with Gasteiger partial charge in [-0.1, -0.05) is 36.6 Å². The van der Waals surface area contributed by atoms with Gasteiger partial charge < -0.3 is 10.1 Å². The summed E-state index contributed by atoms with van der Waals surface area (Å²) in [4.78, 5) is 0. The average Bonchev–Trinajstić information content (AvgIpc) is 2.39. The zero-order valence-corrected chi connectivity index (χ0v) is 12.8. The molecular formula is C17H29NO. The van der Waals surface area contributed by atoms with Gasteiger partial charge in [-0.2, -0.15) is 0 Å². The van der Waals surface area contributed by atoms with E-state index < -0.39 is 0 Å². The van der Waals surface area contributed by atoms with Gasteiger partial charge in [-0.15, -0.1) is 0 Å². The van der Waals surface area contributed by atoms with E-state index in [9.17, 15) is 0 Å². The normalized spacial score (nSPS) is 10.9. The van der Waals surface area contributed by atoms with Crippen molar-refractivity contribution in [1.82, 2.24) is 5.32 Å². The third-order valence-electron chi connectivity index (χ3n) is 3.53. The number of methoxy groups -OCH3 is 1. The summed E-state index contributed by atoms with van der Waals surface area (Å²) in [6, 6.07) is 6.80. The Morgan fingerprint density at radius 1 is 1.00 bits per heavy atom. The van der Waals surface area contributed by atoms with Crippen LogP contribution in [0.1, 0.15) is 42.4 Å². The van der Waals surface area contributed by atoms with Gasteiger partial charge in [0.1, 0.15) is 0 Å². The van der Waals surface area contributed by atoms with Gasteiger partial charge in [-0.25, -0.2) is 0 Å². The van der Waals surface area contributed by atoms with Crippen molar-refractivity contribution in [3.8, 4) is 0 Å². The Morgan fingerprint density at radius 2 is 1.79 bits per heavy atom. The van der Waals surface area contributed by atoms with Crippen LogP contribution in [0.15, 0.2) is 18.2 Å². The molecule has 1 aromatic rings. The Hall–Kier alpha value is -0.860. The molecule has 0 aliphatic carbocycles. The van der Waals surface area contributed by atoms with Gasteiger partial charge >= 0.3 is 0 Å². The highest BCUT2D eigenvalue weighted by molar-refractivity contribution is 5.30. The minimum absolute atomic E-state index is 0.812. The van der Waals surface area contributed by atoms with E-state index in [1.165, 1.54) is 48.8 Å². The minimum Gasteiger partial charge on any atom is -0.383 e. The lowest BCUT2D eigenvalue weighted by Crippen LogP contribution is -2.20. The van der Waals surface area contributed by atoms with Crippen molar-refractivity contribution in [2.75, 3.05) is 26.8 Å². The molecule has 0 aliphatic heterocycles. The molecule has 0 fully saturated rings. The zero-order chi connectivity index (χ0) is 13.9. The predicted molar refractivity (Wildman–Crippen MR) is 82.8 cm³/mol. The summed E-state index contributed by atoms with van der Waals surface area (Å²) in [5, 5.41) is 3.39. The lowest BCUT2D eigenvalue weighted by molar-refractivity contribution is 0.199. The third-order valence-corrected chi connectivity index (χ3v) is 3.53. The Balaban J connectivity index is 2.01. The average molecular weight is 263 g/mol. The van der Waals surface area contributed by atoms with Crippen LogP contribution in [0.5, 0.6) is 0 Å². The summed E-state index contributed by atoms with van der Waals surface area (Å²) >= 11 is 0. The second kappa shape index (κ2) is 9.99. The molecule has 2 heteroatoms. The summed E-state index contributed by atoms with van der Waals surface area (Å²) in [6.07, 6.45) is 6.46. The molecule has 0 unspecified atom stereocenters. The third kappa shape index (κ3) is 7.34. The number of hydrogen-bond donors (Lipinski definition) is 1. The van der Waals surface area contributed by atoms with E-state index in [1.807, 2.05) is 0 Å².